The number of rotatable bonds is 5. The first kappa shape index (κ1) is 21.5. The number of fused-ring (bicyclic) bond motifs is 1. The van der Waals surface area contributed by atoms with Gasteiger partial charge in [-0.15, -0.1) is 11.3 Å². The molecular formula is C24H22N4O3S. The predicted octanol–water partition coefficient (Wildman–Crippen LogP) is 3.35. The fourth-order valence-corrected chi connectivity index (χ4v) is 4.89. The molecule has 3 aromatic rings. The summed E-state index contributed by atoms with van der Waals surface area (Å²) in [4.78, 5) is 41.7. The molecule has 162 valence electrons. The normalized spacial score (nSPS) is 17.7. The van der Waals surface area contributed by atoms with E-state index in [1.165, 1.54) is 21.1 Å². The summed E-state index contributed by atoms with van der Waals surface area (Å²) in [5.41, 5.74) is 0.671. The SMILES string of the molecule is CN(CC(=O)N1CC(C(=O)Nc2ccccc2)CC1C#N)C(=O)c1cc2ccccc2s1. The van der Waals surface area contributed by atoms with Gasteiger partial charge in [-0.25, -0.2) is 0 Å². The molecule has 3 amide bonds. The van der Waals surface area contributed by atoms with Crippen LogP contribution in [0.1, 0.15) is 16.1 Å². The average molecular weight is 447 g/mol. The van der Waals surface area contributed by atoms with Crippen LogP contribution in [0.3, 0.4) is 0 Å². The minimum absolute atomic E-state index is 0.153. The second-order valence-corrected chi connectivity index (χ2v) is 8.87. The first-order valence-corrected chi connectivity index (χ1v) is 11.1. The molecule has 2 aromatic carbocycles. The minimum Gasteiger partial charge on any atom is -0.332 e. The lowest BCUT2D eigenvalue weighted by Gasteiger charge is -2.23. The second-order valence-electron chi connectivity index (χ2n) is 7.79. The highest BCUT2D eigenvalue weighted by atomic mass is 32.1. The Morgan fingerprint density at radius 1 is 1.16 bits per heavy atom. The van der Waals surface area contributed by atoms with Crippen LogP contribution >= 0.6 is 11.3 Å². The van der Waals surface area contributed by atoms with Crippen LogP contribution in [0.15, 0.2) is 60.7 Å². The lowest BCUT2D eigenvalue weighted by molar-refractivity contribution is -0.131. The maximum atomic E-state index is 12.9. The Hall–Kier alpha value is -3.70. The van der Waals surface area contributed by atoms with Crippen molar-refractivity contribution in [3.8, 4) is 6.07 Å². The van der Waals surface area contributed by atoms with Crippen LogP contribution in [0.5, 0.6) is 0 Å². The molecule has 1 aliphatic heterocycles. The van der Waals surface area contributed by atoms with Crippen LogP contribution in [0, 0.1) is 17.2 Å². The Kier molecular flexibility index (Phi) is 6.19. The number of nitrogens with one attached hydrogen (secondary N) is 1. The molecule has 1 N–H and O–H groups in total. The largest absolute Gasteiger partial charge is 0.332 e. The Bertz CT molecular complexity index is 1170. The van der Waals surface area contributed by atoms with Crippen LogP contribution in [0.2, 0.25) is 0 Å². The number of carbonyl (C=O) groups excluding carboxylic acids is 3. The molecular weight excluding hydrogens is 424 g/mol. The van der Waals surface area contributed by atoms with Crippen LogP contribution in [0.25, 0.3) is 10.1 Å². The Morgan fingerprint density at radius 2 is 1.88 bits per heavy atom. The van der Waals surface area contributed by atoms with E-state index in [1.54, 1.807) is 19.2 Å². The highest BCUT2D eigenvalue weighted by Gasteiger charge is 2.39. The minimum atomic E-state index is -0.693. The van der Waals surface area contributed by atoms with Crippen molar-refractivity contribution in [1.29, 1.82) is 5.26 Å². The van der Waals surface area contributed by atoms with Gasteiger partial charge in [0.2, 0.25) is 11.8 Å². The first-order valence-electron chi connectivity index (χ1n) is 10.3. The van der Waals surface area contributed by atoms with E-state index < -0.39 is 12.0 Å². The van der Waals surface area contributed by atoms with Gasteiger partial charge in [-0.3, -0.25) is 14.4 Å². The van der Waals surface area contributed by atoms with Gasteiger partial charge < -0.3 is 15.1 Å². The number of anilines is 1. The van der Waals surface area contributed by atoms with Gasteiger partial charge in [-0.2, -0.15) is 5.26 Å². The maximum Gasteiger partial charge on any atom is 0.264 e. The zero-order chi connectivity index (χ0) is 22.7. The fraction of sp³-hybridized carbons (Fsp3) is 0.250. The number of thiophene rings is 1. The van der Waals surface area contributed by atoms with Gasteiger partial charge in [0.1, 0.15) is 6.04 Å². The molecule has 2 heterocycles. The smallest absolute Gasteiger partial charge is 0.264 e. The van der Waals surface area contributed by atoms with Gasteiger partial charge in [0.25, 0.3) is 5.91 Å². The number of carbonyl (C=O) groups is 3. The van der Waals surface area contributed by atoms with Crippen molar-refractivity contribution in [1.82, 2.24) is 9.80 Å². The van der Waals surface area contributed by atoms with Gasteiger partial charge >= 0.3 is 0 Å². The number of nitriles is 1. The van der Waals surface area contributed by atoms with E-state index in [2.05, 4.69) is 11.4 Å². The molecule has 1 saturated heterocycles. The molecule has 2 atom stereocenters. The molecule has 7 nitrogen and oxygen atoms in total. The van der Waals surface area contributed by atoms with Crippen molar-refractivity contribution in [2.24, 2.45) is 5.92 Å². The molecule has 0 saturated carbocycles. The predicted molar refractivity (Wildman–Crippen MR) is 123 cm³/mol. The highest BCUT2D eigenvalue weighted by Crippen LogP contribution is 2.27. The summed E-state index contributed by atoms with van der Waals surface area (Å²) in [6.45, 7) is -0.00106. The van der Waals surface area contributed by atoms with Crippen molar-refractivity contribution in [3.63, 3.8) is 0 Å². The summed E-state index contributed by atoms with van der Waals surface area (Å²) in [6, 6.07) is 20.0. The Labute approximate surface area is 189 Å². The number of likely N-dealkylation sites (tertiary alicyclic amines) is 1. The average Bonchev–Trinajstić information content (AvgIpc) is 3.43. The molecule has 0 aliphatic carbocycles. The number of benzene rings is 2. The molecule has 8 heteroatoms. The van der Waals surface area contributed by atoms with E-state index in [1.807, 2.05) is 48.5 Å². The van der Waals surface area contributed by atoms with E-state index >= 15 is 0 Å². The van der Waals surface area contributed by atoms with Gasteiger partial charge in [-0.05, 0) is 36.1 Å². The van der Waals surface area contributed by atoms with Crippen molar-refractivity contribution in [2.45, 2.75) is 12.5 Å². The van der Waals surface area contributed by atoms with Crippen molar-refractivity contribution >= 4 is 44.8 Å². The number of likely N-dealkylation sites (N-methyl/N-ethyl adjacent to an activating group) is 1. The second kappa shape index (κ2) is 9.20. The Morgan fingerprint density at radius 3 is 2.59 bits per heavy atom. The van der Waals surface area contributed by atoms with E-state index in [9.17, 15) is 19.6 Å². The van der Waals surface area contributed by atoms with Crippen LogP contribution in [-0.4, -0.2) is 53.7 Å². The number of amides is 3. The fourth-order valence-electron chi connectivity index (χ4n) is 3.83. The molecule has 0 bridgehead atoms. The van der Waals surface area contributed by atoms with Gasteiger partial charge in [0.15, 0.2) is 0 Å². The molecule has 1 aromatic heterocycles. The van der Waals surface area contributed by atoms with Crippen LogP contribution in [0.4, 0.5) is 5.69 Å². The first-order chi connectivity index (χ1) is 15.5. The number of hydrogen-bond donors (Lipinski definition) is 1. The van der Waals surface area contributed by atoms with E-state index in [0.717, 1.165) is 10.1 Å². The van der Waals surface area contributed by atoms with Crippen molar-refractivity contribution < 1.29 is 14.4 Å². The summed E-state index contributed by atoms with van der Waals surface area (Å²) in [5.74, 6) is -1.29. The van der Waals surface area contributed by atoms with Crippen LogP contribution < -0.4 is 5.32 Å². The lowest BCUT2D eigenvalue weighted by Crippen LogP contribution is -2.43. The number of nitrogens with zero attached hydrogens (tertiary/aromatic N) is 3. The van der Waals surface area contributed by atoms with Crippen LogP contribution in [-0.2, 0) is 9.59 Å². The summed E-state index contributed by atoms with van der Waals surface area (Å²) in [7, 11) is 1.57. The molecule has 2 unspecified atom stereocenters. The number of para-hydroxylation sites is 1. The van der Waals surface area contributed by atoms with Crippen molar-refractivity contribution in [2.75, 3.05) is 25.5 Å². The monoisotopic (exact) mass is 446 g/mol. The summed E-state index contributed by atoms with van der Waals surface area (Å²) >= 11 is 1.38. The third-order valence-electron chi connectivity index (χ3n) is 5.54. The van der Waals surface area contributed by atoms with Gasteiger partial charge in [0, 0.05) is 24.0 Å². The summed E-state index contributed by atoms with van der Waals surface area (Å²) < 4.78 is 1.01. The molecule has 1 fully saturated rings. The number of hydrogen-bond acceptors (Lipinski definition) is 5. The molecule has 0 spiro atoms. The highest BCUT2D eigenvalue weighted by molar-refractivity contribution is 7.20. The maximum absolute atomic E-state index is 12.9. The molecule has 32 heavy (non-hydrogen) atoms. The molecule has 4 rings (SSSR count). The van der Waals surface area contributed by atoms with Crippen molar-refractivity contribution in [3.05, 3.63) is 65.5 Å². The van der Waals surface area contributed by atoms with Gasteiger partial charge in [-0.1, -0.05) is 36.4 Å². The van der Waals surface area contributed by atoms with E-state index in [0.29, 0.717) is 10.6 Å². The summed E-state index contributed by atoms with van der Waals surface area (Å²) in [6.07, 6.45) is 0.273. The zero-order valence-electron chi connectivity index (χ0n) is 17.5. The van der Waals surface area contributed by atoms with Gasteiger partial charge in [0.05, 0.1) is 23.4 Å². The Balaban J connectivity index is 1.39. The molecule has 1 aliphatic rings. The van der Waals surface area contributed by atoms with E-state index in [4.69, 9.17) is 0 Å². The summed E-state index contributed by atoms with van der Waals surface area (Å²) in [5, 5.41) is 13.3. The zero-order valence-corrected chi connectivity index (χ0v) is 18.3. The third kappa shape index (κ3) is 4.48. The lowest BCUT2D eigenvalue weighted by atomic mass is 10.1. The topological polar surface area (TPSA) is 93.5 Å². The quantitative estimate of drug-likeness (QED) is 0.650. The van der Waals surface area contributed by atoms with E-state index in [-0.39, 0.29) is 37.2 Å². The molecule has 0 radical (unpaired) electrons. The standard InChI is InChI=1S/C24H22N4O3S/c1-27(24(31)21-12-16-7-5-6-10-20(16)32-21)15-22(29)28-14-17(11-19(28)13-25)23(30)26-18-8-3-2-4-9-18/h2-10,12,17,19H,11,14-15H2,1H3,(H,26,30). The third-order valence-corrected chi connectivity index (χ3v) is 6.64.